The predicted molar refractivity (Wildman–Crippen MR) is 50.5 cm³/mol. The Morgan fingerprint density at radius 3 is 2.93 bits per heavy atom. The summed E-state index contributed by atoms with van der Waals surface area (Å²) in [6, 6.07) is 0. The fourth-order valence-corrected chi connectivity index (χ4v) is 2.76. The van der Waals surface area contributed by atoms with Crippen LogP contribution in [-0.4, -0.2) is 44.7 Å². The van der Waals surface area contributed by atoms with Crippen LogP contribution in [0, 0.1) is 11.8 Å². The quantitative estimate of drug-likeness (QED) is 0.647. The summed E-state index contributed by atoms with van der Waals surface area (Å²) >= 11 is 0. The zero-order chi connectivity index (χ0) is 9.54. The van der Waals surface area contributed by atoms with Gasteiger partial charge in [-0.2, -0.15) is 4.80 Å². The molecule has 2 aliphatic rings. The Labute approximate surface area is 83.1 Å². The van der Waals surface area contributed by atoms with Gasteiger partial charge in [-0.05, 0) is 30.0 Å². The van der Waals surface area contributed by atoms with Gasteiger partial charge in [-0.1, -0.05) is 0 Å². The Morgan fingerprint density at radius 2 is 2.36 bits per heavy atom. The van der Waals surface area contributed by atoms with E-state index in [4.69, 9.17) is 0 Å². The lowest BCUT2D eigenvalue weighted by Crippen LogP contribution is -2.25. The highest BCUT2D eigenvalue weighted by Gasteiger charge is 2.38. The van der Waals surface area contributed by atoms with Gasteiger partial charge in [0.15, 0.2) is 5.82 Å². The summed E-state index contributed by atoms with van der Waals surface area (Å²) in [5.41, 5.74) is 0. The molecule has 0 aromatic carbocycles. The molecule has 0 amide bonds. The largest absolute Gasteiger partial charge is 0.303 e. The van der Waals surface area contributed by atoms with Gasteiger partial charge in [0, 0.05) is 19.5 Å². The molecule has 0 aliphatic carbocycles. The van der Waals surface area contributed by atoms with Crippen LogP contribution in [0.2, 0.25) is 0 Å². The van der Waals surface area contributed by atoms with Crippen LogP contribution in [0.4, 0.5) is 0 Å². The summed E-state index contributed by atoms with van der Waals surface area (Å²) < 4.78 is 0. The molecule has 2 aliphatic heterocycles. The second-order valence-corrected chi connectivity index (χ2v) is 4.47. The van der Waals surface area contributed by atoms with Gasteiger partial charge in [0.2, 0.25) is 0 Å². The molecule has 3 unspecified atom stereocenters. The van der Waals surface area contributed by atoms with Gasteiger partial charge in [-0.15, -0.1) is 10.2 Å². The Morgan fingerprint density at radius 1 is 1.43 bits per heavy atom. The van der Waals surface area contributed by atoms with Crippen LogP contribution in [0.25, 0.3) is 0 Å². The van der Waals surface area contributed by atoms with Crippen LogP contribution in [0.1, 0.15) is 12.2 Å². The highest BCUT2D eigenvalue weighted by atomic mass is 15.6. The van der Waals surface area contributed by atoms with Crippen LogP contribution < -0.4 is 0 Å². The van der Waals surface area contributed by atoms with Gasteiger partial charge in [0.05, 0.1) is 7.05 Å². The summed E-state index contributed by atoms with van der Waals surface area (Å²) in [4.78, 5) is 4.09. The lowest BCUT2D eigenvalue weighted by Gasteiger charge is -2.20. The molecule has 0 radical (unpaired) electrons. The molecule has 0 saturated carbocycles. The highest BCUT2D eigenvalue weighted by molar-refractivity contribution is 4.95. The van der Waals surface area contributed by atoms with E-state index in [1.54, 1.807) is 4.80 Å². The number of nitrogens with zero attached hydrogens (tertiary/aromatic N) is 5. The third kappa shape index (κ3) is 1.32. The van der Waals surface area contributed by atoms with E-state index < -0.39 is 0 Å². The Hall–Kier alpha value is -0.970. The summed E-state index contributed by atoms with van der Waals surface area (Å²) in [5.74, 6) is 2.57. The topological polar surface area (TPSA) is 46.8 Å². The van der Waals surface area contributed by atoms with E-state index in [2.05, 4.69) is 20.3 Å². The van der Waals surface area contributed by atoms with Crippen LogP contribution >= 0.6 is 0 Å². The van der Waals surface area contributed by atoms with Crippen molar-refractivity contribution in [2.24, 2.45) is 18.9 Å². The molecule has 1 aromatic heterocycles. The van der Waals surface area contributed by atoms with E-state index in [-0.39, 0.29) is 0 Å². The Bertz CT molecular complexity index is 334. The summed E-state index contributed by atoms with van der Waals surface area (Å²) in [6.07, 6.45) is 2.37. The molecule has 2 saturated heterocycles. The maximum Gasteiger partial charge on any atom is 0.175 e. The molecule has 5 heteroatoms. The lowest BCUT2D eigenvalue weighted by molar-refractivity contribution is 0.297. The molecule has 2 bridgehead atoms. The smallest absolute Gasteiger partial charge is 0.175 e. The van der Waals surface area contributed by atoms with Gasteiger partial charge in [0.25, 0.3) is 0 Å². The van der Waals surface area contributed by atoms with E-state index >= 15 is 0 Å². The summed E-state index contributed by atoms with van der Waals surface area (Å²) in [7, 11) is 1.82. The van der Waals surface area contributed by atoms with E-state index in [0.717, 1.165) is 24.1 Å². The minimum absolute atomic E-state index is 0.771. The van der Waals surface area contributed by atoms with E-state index in [9.17, 15) is 0 Å². The minimum Gasteiger partial charge on any atom is -0.303 e. The molecular weight excluding hydrogens is 178 g/mol. The molecule has 14 heavy (non-hydrogen) atoms. The molecule has 3 rings (SSSR count). The number of hydrogen-bond donors (Lipinski definition) is 0. The van der Waals surface area contributed by atoms with Crippen LogP contribution in [-0.2, 0) is 13.5 Å². The highest BCUT2D eigenvalue weighted by Crippen LogP contribution is 2.34. The Balaban J connectivity index is 1.68. The van der Waals surface area contributed by atoms with E-state index in [1.165, 1.54) is 26.1 Å². The average Bonchev–Trinajstić information content (AvgIpc) is 2.82. The number of piperidine rings is 1. The second-order valence-electron chi connectivity index (χ2n) is 4.47. The molecule has 5 nitrogen and oxygen atoms in total. The van der Waals surface area contributed by atoms with Crippen LogP contribution in [0.5, 0.6) is 0 Å². The van der Waals surface area contributed by atoms with Crippen molar-refractivity contribution in [3.63, 3.8) is 0 Å². The monoisotopic (exact) mass is 193 g/mol. The van der Waals surface area contributed by atoms with Gasteiger partial charge in [0.1, 0.15) is 0 Å². The first kappa shape index (κ1) is 8.35. The van der Waals surface area contributed by atoms with Crippen molar-refractivity contribution in [1.29, 1.82) is 0 Å². The van der Waals surface area contributed by atoms with Gasteiger partial charge in [-0.3, -0.25) is 0 Å². The average molecular weight is 193 g/mol. The molecular formula is C9H15N5. The van der Waals surface area contributed by atoms with Crippen molar-refractivity contribution in [2.75, 3.05) is 19.6 Å². The lowest BCUT2D eigenvalue weighted by atomic mass is 9.90. The van der Waals surface area contributed by atoms with Crippen LogP contribution in [0.3, 0.4) is 0 Å². The SMILES string of the molecule is Cn1nnc(CC2CN3CCC2C3)n1. The number of fused-ring (bicyclic) bond motifs is 2. The second kappa shape index (κ2) is 3.02. The molecule has 0 spiro atoms. The Kier molecular flexibility index (Phi) is 1.80. The predicted octanol–water partition coefficient (Wildman–Crippen LogP) is -0.296. The molecule has 0 N–H and O–H groups in total. The van der Waals surface area contributed by atoms with Gasteiger partial charge in [-0.25, -0.2) is 0 Å². The van der Waals surface area contributed by atoms with Crippen molar-refractivity contribution >= 4 is 0 Å². The first-order chi connectivity index (χ1) is 6.81. The van der Waals surface area contributed by atoms with Crippen molar-refractivity contribution in [2.45, 2.75) is 12.8 Å². The zero-order valence-corrected chi connectivity index (χ0v) is 8.43. The third-order valence-corrected chi connectivity index (χ3v) is 3.46. The molecule has 3 heterocycles. The molecule has 2 fully saturated rings. The maximum absolute atomic E-state index is 4.23. The van der Waals surface area contributed by atoms with E-state index in [1.807, 2.05) is 7.05 Å². The van der Waals surface area contributed by atoms with Crippen molar-refractivity contribution < 1.29 is 0 Å². The summed E-state index contributed by atoms with van der Waals surface area (Å²) in [5, 5.41) is 12.1. The van der Waals surface area contributed by atoms with Crippen molar-refractivity contribution in [1.82, 2.24) is 25.1 Å². The normalized spacial score (nSPS) is 35.4. The fourth-order valence-electron chi connectivity index (χ4n) is 2.76. The van der Waals surface area contributed by atoms with Crippen LogP contribution in [0.15, 0.2) is 0 Å². The van der Waals surface area contributed by atoms with Gasteiger partial charge >= 0.3 is 0 Å². The minimum atomic E-state index is 0.771. The first-order valence-corrected chi connectivity index (χ1v) is 5.26. The first-order valence-electron chi connectivity index (χ1n) is 5.26. The fraction of sp³-hybridized carbons (Fsp3) is 0.889. The zero-order valence-electron chi connectivity index (χ0n) is 8.43. The van der Waals surface area contributed by atoms with Gasteiger partial charge < -0.3 is 4.90 Å². The number of tetrazole rings is 1. The van der Waals surface area contributed by atoms with Crippen molar-refractivity contribution in [3.8, 4) is 0 Å². The summed E-state index contributed by atoms with van der Waals surface area (Å²) in [6.45, 7) is 3.84. The van der Waals surface area contributed by atoms with E-state index in [0.29, 0.717) is 0 Å². The third-order valence-electron chi connectivity index (χ3n) is 3.46. The molecule has 76 valence electrons. The number of hydrogen-bond acceptors (Lipinski definition) is 4. The molecule has 1 aromatic rings. The number of rotatable bonds is 2. The standard InChI is InChI=1S/C9H15N5/c1-13-11-9(10-12-13)4-8-6-14-3-2-7(8)5-14/h7-8H,2-6H2,1H3. The van der Waals surface area contributed by atoms with Crippen molar-refractivity contribution in [3.05, 3.63) is 5.82 Å². The number of aromatic nitrogens is 4. The maximum atomic E-state index is 4.23. The molecule has 3 atom stereocenters. The number of aryl methyl sites for hydroxylation is 1.